The number of carbonyl (C=O) groups excluding carboxylic acids is 1. The molecule has 23 heavy (non-hydrogen) atoms. The van der Waals surface area contributed by atoms with Crippen LogP contribution >= 0.6 is 11.6 Å². The molecule has 1 aromatic heterocycles. The number of hydrogen-bond acceptors (Lipinski definition) is 4. The van der Waals surface area contributed by atoms with Crippen LogP contribution in [0.2, 0.25) is 5.02 Å². The van der Waals surface area contributed by atoms with Gasteiger partial charge in [-0.2, -0.15) is 4.72 Å². The van der Waals surface area contributed by atoms with Gasteiger partial charge in [0.2, 0.25) is 15.9 Å². The van der Waals surface area contributed by atoms with Gasteiger partial charge in [-0.15, -0.1) is 0 Å². The zero-order chi connectivity index (χ0) is 17.0. The Morgan fingerprint density at radius 1 is 1.26 bits per heavy atom. The van der Waals surface area contributed by atoms with Crippen LogP contribution in [0, 0.1) is 6.92 Å². The van der Waals surface area contributed by atoms with Crippen molar-refractivity contribution in [2.45, 2.75) is 24.8 Å². The van der Waals surface area contributed by atoms with Crippen molar-refractivity contribution in [2.24, 2.45) is 0 Å². The third-order valence-corrected chi connectivity index (χ3v) is 4.77. The van der Waals surface area contributed by atoms with E-state index in [1.54, 1.807) is 24.4 Å². The summed E-state index contributed by atoms with van der Waals surface area (Å²) < 4.78 is 26.8. The van der Waals surface area contributed by atoms with Crippen LogP contribution in [0.4, 0.5) is 5.82 Å². The molecule has 122 valence electrons. The number of carbonyl (C=O) groups is 1. The van der Waals surface area contributed by atoms with Crippen molar-refractivity contribution >= 4 is 33.3 Å². The second-order valence-corrected chi connectivity index (χ2v) is 7.16. The first-order chi connectivity index (χ1) is 10.8. The van der Waals surface area contributed by atoms with Crippen molar-refractivity contribution < 1.29 is 13.2 Å². The minimum Gasteiger partial charge on any atom is -0.309 e. The van der Waals surface area contributed by atoms with E-state index >= 15 is 0 Å². The van der Waals surface area contributed by atoms with E-state index in [1.165, 1.54) is 25.1 Å². The fourth-order valence-electron chi connectivity index (χ4n) is 1.83. The van der Waals surface area contributed by atoms with Crippen LogP contribution in [-0.2, 0) is 14.8 Å². The van der Waals surface area contributed by atoms with Crippen LogP contribution in [0.25, 0.3) is 0 Å². The Morgan fingerprint density at radius 3 is 2.65 bits per heavy atom. The van der Waals surface area contributed by atoms with Gasteiger partial charge in [0.15, 0.2) is 0 Å². The number of benzene rings is 1. The van der Waals surface area contributed by atoms with Crippen LogP contribution in [0.5, 0.6) is 0 Å². The van der Waals surface area contributed by atoms with Crippen LogP contribution < -0.4 is 10.0 Å². The molecule has 6 nitrogen and oxygen atoms in total. The summed E-state index contributed by atoms with van der Waals surface area (Å²) in [6.45, 7) is 3.32. The maximum absolute atomic E-state index is 12.2. The molecule has 8 heteroatoms. The van der Waals surface area contributed by atoms with Gasteiger partial charge in [0.25, 0.3) is 0 Å². The largest absolute Gasteiger partial charge is 0.309 e. The summed E-state index contributed by atoms with van der Waals surface area (Å²) in [5.74, 6) is -0.141. The Labute approximate surface area is 139 Å². The minimum atomic E-state index is -3.84. The molecule has 1 amide bonds. The summed E-state index contributed by atoms with van der Waals surface area (Å²) in [6.07, 6.45) is 1.56. The molecular formula is C15H16ClN3O3S. The molecule has 0 fully saturated rings. The maximum Gasteiger partial charge on any atom is 0.243 e. The van der Waals surface area contributed by atoms with E-state index in [4.69, 9.17) is 11.6 Å². The quantitative estimate of drug-likeness (QED) is 0.863. The zero-order valence-corrected chi connectivity index (χ0v) is 14.1. The molecule has 0 unspecified atom stereocenters. The topological polar surface area (TPSA) is 88.2 Å². The molecule has 0 saturated heterocycles. The van der Waals surface area contributed by atoms with Gasteiger partial charge >= 0.3 is 0 Å². The highest BCUT2D eigenvalue weighted by Crippen LogP contribution is 2.15. The lowest BCUT2D eigenvalue weighted by Crippen LogP contribution is -2.41. The van der Waals surface area contributed by atoms with E-state index in [0.717, 1.165) is 5.56 Å². The fourth-order valence-corrected chi connectivity index (χ4v) is 3.33. The van der Waals surface area contributed by atoms with Gasteiger partial charge in [-0.05, 0) is 49.7 Å². The summed E-state index contributed by atoms with van der Waals surface area (Å²) in [4.78, 5) is 16.1. The number of anilines is 1. The van der Waals surface area contributed by atoms with Gasteiger partial charge in [-0.3, -0.25) is 4.79 Å². The average Bonchev–Trinajstić information content (AvgIpc) is 2.46. The third kappa shape index (κ3) is 4.75. The first-order valence-corrected chi connectivity index (χ1v) is 8.65. The summed E-state index contributed by atoms with van der Waals surface area (Å²) >= 11 is 5.79. The van der Waals surface area contributed by atoms with E-state index in [1.807, 2.05) is 6.92 Å². The van der Waals surface area contributed by atoms with Crippen molar-refractivity contribution in [3.05, 3.63) is 53.2 Å². The van der Waals surface area contributed by atoms with Crippen molar-refractivity contribution in [3.8, 4) is 0 Å². The highest BCUT2D eigenvalue weighted by Gasteiger charge is 2.22. The maximum atomic E-state index is 12.2. The monoisotopic (exact) mass is 353 g/mol. The Bertz CT molecular complexity index is 824. The minimum absolute atomic E-state index is 0.00155. The average molecular weight is 354 g/mol. The number of pyridine rings is 1. The Hall–Kier alpha value is -1.96. The first kappa shape index (κ1) is 17.4. The summed E-state index contributed by atoms with van der Waals surface area (Å²) in [6, 6.07) is 8.33. The lowest BCUT2D eigenvalue weighted by atomic mass is 10.3. The van der Waals surface area contributed by atoms with E-state index in [2.05, 4.69) is 15.0 Å². The SMILES string of the molecule is Cc1ccnc(NC(=O)[C@@H](C)NS(=O)(=O)c2cccc(Cl)c2)c1. The molecule has 0 aliphatic carbocycles. The molecule has 1 atom stereocenters. The van der Waals surface area contributed by atoms with Gasteiger partial charge in [-0.25, -0.2) is 13.4 Å². The van der Waals surface area contributed by atoms with Crippen molar-refractivity contribution in [1.82, 2.24) is 9.71 Å². The number of sulfonamides is 1. The van der Waals surface area contributed by atoms with Gasteiger partial charge in [0.1, 0.15) is 5.82 Å². The van der Waals surface area contributed by atoms with Crippen LogP contribution in [0.1, 0.15) is 12.5 Å². The van der Waals surface area contributed by atoms with Crippen molar-refractivity contribution in [1.29, 1.82) is 0 Å². The summed E-state index contributed by atoms with van der Waals surface area (Å²) in [5.41, 5.74) is 0.933. The molecule has 1 heterocycles. The number of halogens is 1. The molecule has 1 aromatic carbocycles. The van der Waals surface area contributed by atoms with Gasteiger partial charge in [-0.1, -0.05) is 17.7 Å². The van der Waals surface area contributed by atoms with E-state index < -0.39 is 22.0 Å². The van der Waals surface area contributed by atoms with E-state index in [0.29, 0.717) is 10.8 Å². The smallest absolute Gasteiger partial charge is 0.243 e. The third-order valence-electron chi connectivity index (χ3n) is 3.00. The van der Waals surface area contributed by atoms with Crippen molar-refractivity contribution in [3.63, 3.8) is 0 Å². The van der Waals surface area contributed by atoms with E-state index in [9.17, 15) is 13.2 Å². The highest BCUT2D eigenvalue weighted by molar-refractivity contribution is 7.89. The fraction of sp³-hybridized carbons (Fsp3) is 0.200. The van der Waals surface area contributed by atoms with Crippen LogP contribution in [0.15, 0.2) is 47.5 Å². The van der Waals surface area contributed by atoms with E-state index in [-0.39, 0.29) is 4.90 Å². The molecule has 0 radical (unpaired) electrons. The number of nitrogens with zero attached hydrogens (tertiary/aromatic N) is 1. The number of aromatic nitrogens is 1. The molecule has 2 N–H and O–H groups in total. The van der Waals surface area contributed by atoms with Crippen LogP contribution in [-0.4, -0.2) is 25.4 Å². The lowest BCUT2D eigenvalue weighted by Gasteiger charge is -2.14. The normalized spacial score (nSPS) is 12.7. The van der Waals surface area contributed by atoms with Gasteiger partial charge in [0, 0.05) is 11.2 Å². The molecular weight excluding hydrogens is 338 g/mol. The number of aryl methyl sites for hydroxylation is 1. The van der Waals surface area contributed by atoms with Crippen molar-refractivity contribution in [2.75, 3.05) is 5.32 Å². The Morgan fingerprint density at radius 2 is 2.00 bits per heavy atom. The zero-order valence-electron chi connectivity index (χ0n) is 12.6. The summed E-state index contributed by atoms with van der Waals surface area (Å²) in [7, 11) is -3.84. The molecule has 0 spiro atoms. The van der Waals surface area contributed by atoms with Gasteiger partial charge in [0.05, 0.1) is 10.9 Å². The number of rotatable bonds is 5. The second-order valence-electron chi connectivity index (χ2n) is 5.01. The second kappa shape index (κ2) is 7.08. The number of amides is 1. The number of hydrogen-bond donors (Lipinski definition) is 2. The standard InChI is InChI=1S/C15H16ClN3O3S/c1-10-6-7-17-14(8-10)18-15(20)11(2)19-23(21,22)13-5-3-4-12(16)9-13/h3-9,11,19H,1-2H3,(H,17,18,20)/t11-/m1/s1. The first-order valence-electron chi connectivity index (χ1n) is 6.79. The predicted octanol–water partition coefficient (Wildman–Crippen LogP) is 2.35. The molecule has 2 rings (SSSR count). The highest BCUT2D eigenvalue weighted by atomic mass is 35.5. The van der Waals surface area contributed by atoms with Gasteiger partial charge < -0.3 is 5.32 Å². The molecule has 0 bridgehead atoms. The summed E-state index contributed by atoms with van der Waals surface area (Å²) in [5, 5.41) is 2.86. The molecule has 0 saturated carbocycles. The lowest BCUT2D eigenvalue weighted by molar-refractivity contribution is -0.117. The Kier molecular flexibility index (Phi) is 5.35. The van der Waals surface area contributed by atoms with Crippen LogP contribution in [0.3, 0.4) is 0 Å². The Balaban J connectivity index is 2.08. The predicted molar refractivity (Wildman–Crippen MR) is 88.8 cm³/mol. The number of nitrogens with one attached hydrogen (secondary N) is 2. The molecule has 0 aliphatic rings. The molecule has 2 aromatic rings. The molecule has 0 aliphatic heterocycles.